The van der Waals surface area contributed by atoms with Crippen LogP contribution in [0.5, 0.6) is 0 Å². The van der Waals surface area contributed by atoms with Crippen LogP contribution in [-0.4, -0.2) is 25.1 Å². The maximum Gasteiger partial charge on any atom is 0.185 e. The molecule has 1 heterocycles. The van der Waals surface area contributed by atoms with Gasteiger partial charge in [-0.3, -0.25) is 0 Å². The van der Waals surface area contributed by atoms with Crippen molar-refractivity contribution in [1.29, 1.82) is 0 Å². The lowest BCUT2D eigenvalue weighted by Gasteiger charge is -2.07. The van der Waals surface area contributed by atoms with Crippen molar-refractivity contribution in [2.75, 3.05) is 23.3 Å². The Hall–Kier alpha value is -0.820. The summed E-state index contributed by atoms with van der Waals surface area (Å²) in [5, 5.41) is 3.74. The number of nitrogens with two attached hydrogens (primary N) is 1. The van der Waals surface area contributed by atoms with Crippen molar-refractivity contribution < 1.29 is 8.42 Å². The summed E-state index contributed by atoms with van der Waals surface area (Å²) in [5.74, 6) is 0.231. The fourth-order valence-corrected chi connectivity index (χ4v) is 4.48. The van der Waals surface area contributed by atoms with Crippen molar-refractivity contribution in [3.8, 4) is 0 Å². The third-order valence-corrected chi connectivity index (χ3v) is 5.70. The number of nitrogens with zero attached hydrogens (tertiary/aromatic N) is 1. The lowest BCUT2D eigenvalue weighted by atomic mass is 10.2. The zero-order valence-corrected chi connectivity index (χ0v) is 13.2. The van der Waals surface area contributed by atoms with Crippen LogP contribution in [0.1, 0.15) is 46.0 Å². The summed E-state index contributed by atoms with van der Waals surface area (Å²) < 4.78 is 28.2. The molecule has 0 fully saturated rings. The van der Waals surface area contributed by atoms with Gasteiger partial charge in [0.15, 0.2) is 15.7 Å². The summed E-state index contributed by atoms with van der Waals surface area (Å²) in [5.41, 5.74) is 5.69. The molecular formula is C12H23N3O2S2. The van der Waals surface area contributed by atoms with Crippen molar-refractivity contribution in [2.45, 2.75) is 50.8 Å². The molecule has 19 heavy (non-hydrogen) atoms. The van der Waals surface area contributed by atoms with Crippen LogP contribution < -0.4 is 11.1 Å². The monoisotopic (exact) mass is 305 g/mol. The first kappa shape index (κ1) is 16.2. The number of rotatable bonds is 9. The van der Waals surface area contributed by atoms with E-state index < -0.39 is 9.84 Å². The Morgan fingerprint density at radius 2 is 1.95 bits per heavy atom. The van der Waals surface area contributed by atoms with Crippen LogP contribution in [-0.2, 0) is 9.84 Å². The molecule has 0 saturated carbocycles. The van der Waals surface area contributed by atoms with Crippen LogP contribution in [0.4, 0.5) is 10.8 Å². The van der Waals surface area contributed by atoms with Gasteiger partial charge < -0.3 is 11.1 Å². The summed E-state index contributed by atoms with van der Waals surface area (Å²) in [6, 6.07) is 0. The zero-order chi connectivity index (χ0) is 14.3. The van der Waals surface area contributed by atoms with Gasteiger partial charge in [-0.05, 0) is 24.4 Å². The van der Waals surface area contributed by atoms with Crippen LogP contribution in [0.2, 0.25) is 0 Å². The Balaban J connectivity index is 2.70. The van der Waals surface area contributed by atoms with Gasteiger partial charge >= 0.3 is 0 Å². The van der Waals surface area contributed by atoms with Crippen molar-refractivity contribution in [3.63, 3.8) is 0 Å². The molecule has 1 rings (SSSR count). The van der Waals surface area contributed by atoms with E-state index in [4.69, 9.17) is 5.73 Å². The first-order valence-corrected chi connectivity index (χ1v) is 9.17. The molecule has 0 unspecified atom stereocenters. The highest BCUT2D eigenvalue weighted by Gasteiger charge is 2.24. The van der Waals surface area contributed by atoms with Gasteiger partial charge in [0, 0.05) is 6.54 Å². The molecule has 7 heteroatoms. The second-order valence-electron chi connectivity index (χ2n) is 4.53. The normalized spacial score (nSPS) is 11.7. The number of nitrogens with one attached hydrogen (secondary N) is 1. The van der Waals surface area contributed by atoms with Crippen molar-refractivity contribution in [3.05, 3.63) is 0 Å². The van der Waals surface area contributed by atoms with Crippen LogP contribution >= 0.6 is 11.5 Å². The first-order valence-electron chi connectivity index (χ1n) is 6.74. The quantitative estimate of drug-likeness (QED) is 0.685. The standard InChI is InChI=1S/C12H23N3O2S2/c1-3-5-6-7-8-14-12-10(11(13)15-18-12)19(16,17)9-4-2/h14H,3-9H2,1-2H3,(H2,13,15). The topological polar surface area (TPSA) is 85.1 Å². The molecule has 0 atom stereocenters. The van der Waals surface area contributed by atoms with Gasteiger partial charge in [0.25, 0.3) is 0 Å². The van der Waals surface area contributed by atoms with Gasteiger partial charge in [-0.1, -0.05) is 33.1 Å². The Labute approximate surface area is 119 Å². The molecule has 0 aliphatic rings. The van der Waals surface area contributed by atoms with Gasteiger partial charge in [-0.15, -0.1) is 0 Å². The summed E-state index contributed by atoms with van der Waals surface area (Å²) in [6.45, 7) is 4.76. The van der Waals surface area contributed by atoms with Crippen LogP contribution in [0, 0.1) is 0 Å². The number of anilines is 2. The molecule has 0 amide bonds. The Morgan fingerprint density at radius 3 is 2.58 bits per heavy atom. The van der Waals surface area contributed by atoms with E-state index in [1.807, 2.05) is 6.92 Å². The Kier molecular flexibility index (Phi) is 6.57. The second-order valence-corrected chi connectivity index (χ2v) is 7.35. The molecule has 1 aromatic rings. The van der Waals surface area contributed by atoms with E-state index in [1.165, 1.54) is 12.8 Å². The predicted octanol–water partition coefficient (Wildman–Crippen LogP) is 2.90. The molecule has 0 aromatic carbocycles. The van der Waals surface area contributed by atoms with Gasteiger partial charge in [0.2, 0.25) is 0 Å². The largest absolute Gasteiger partial charge is 0.382 e. The number of sulfone groups is 1. The minimum Gasteiger partial charge on any atom is -0.382 e. The zero-order valence-electron chi connectivity index (χ0n) is 11.6. The van der Waals surface area contributed by atoms with E-state index in [0.717, 1.165) is 30.9 Å². The van der Waals surface area contributed by atoms with E-state index >= 15 is 0 Å². The summed E-state index contributed by atoms with van der Waals surface area (Å²) >= 11 is 1.13. The SMILES string of the molecule is CCCCCCNc1snc(N)c1S(=O)(=O)CCC. The Morgan fingerprint density at radius 1 is 1.21 bits per heavy atom. The van der Waals surface area contributed by atoms with E-state index in [9.17, 15) is 8.42 Å². The van der Waals surface area contributed by atoms with Crippen LogP contribution in [0.15, 0.2) is 4.90 Å². The van der Waals surface area contributed by atoms with Crippen molar-refractivity contribution >= 4 is 32.2 Å². The van der Waals surface area contributed by atoms with Gasteiger partial charge in [0.05, 0.1) is 5.75 Å². The average molecular weight is 305 g/mol. The van der Waals surface area contributed by atoms with Gasteiger partial charge in [-0.2, -0.15) is 4.37 Å². The van der Waals surface area contributed by atoms with Gasteiger partial charge in [-0.25, -0.2) is 8.42 Å². The minimum atomic E-state index is -3.32. The molecular weight excluding hydrogens is 282 g/mol. The highest BCUT2D eigenvalue weighted by atomic mass is 32.2. The number of unbranched alkanes of at least 4 members (excludes halogenated alkanes) is 3. The average Bonchev–Trinajstić information content (AvgIpc) is 2.71. The number of hydrogen-bond donors (Lipinski definition) is 2. The molecule has 0 aliphatic carbocycles. The summed E-state index contributed by atoms with van der Waals surface area (Å²) in [6.07, 6.45) is 5.14. The molecule has 3 N–H and O–H groups in total. The maximum absolute atomic E-state index is 12.1. The third kappa shape index (κ3) is 4.65. The lowest BCUT2D eigenvalue weighted by Crippen LogP contribution is -2.11. The smallest absolute Gasteiger partial charge is 0.185 e. The van der Waals surface area contributed by atoms with E-state index in [2.05, 4.69) is 16.6 Å². The highest BCUT2D eigenvalue weighted by Crippen LogP contribution is 2.32. The van der Waals surface area contributed by atoms with E-state index in [0.29, 0.717) is 11.4 Å². The fraction of sp³-hybridized carbons (Fsp3) is 0.750. The molecule has 5 nitrogen and oxygen atoms in total. The molecule has 1 aromatic heterocycles. The summed E-state index contributed by atoms with van der Waals surface area (Å²) in [4.78, 5) is 0.190. The maximum atomic E-state index is 12.1. The first-order chi connectivity index (χ1) is 9.03. The summed E-state index contributed by atoms with van der Waals surface area (Å²) in [7, 11) is -3.32. The Bertz CT molecular complexity index is 483. The molecule has 110 valence electrons. The fourth-order valence-electron chi connectivity index (χ4n) is 1.83. The number of hydrogen-bond acceptors (Lipinski definition) is 6. The highest BCUT2D eigenvalue weighted by molar-refractivity contribution is 7.91. The minimum absolute atomic E-state index is 0.111. The number of nitrogen functional groups attached to an aromatic ring is 1. The second kappa shape index (κ2) is 7.69. The van der Waals surface area contributed by atoms with Crippen LogP contribution in [0.25, 0.3) is 0 Å². The lowest BCUT2D eigenvalue weighted by molar-refractivity contribution is 0.595. The van der Waals surface area contributed by atoms with Crippen molar-refractivity contribution in [2.24, 2.45) is 0 Å². The molecule has 0 spiro atoms. The number of aromatic nitrogens is 1. The molecule has 0 radical (unpaired) electrons. The molecule has 0 saturated heterocycles. The van der Waals surface area contributed by atoms with E-state index in [1.54, 1.807) is 0 Å². The van der Waals surface area contributed by atoms with Crippen molar-refractivity contribution in [1.82, 2.24) is 4.37 Å². The van der Waals surface area contributed by atoms with E-state index in [-0.39, 0.29) is 16.5 Å². The predicted molar refractivity (Wildman–Crippen MR) is 81.5 cm³/mol. The third-order valence-electron chi connectivity index (χ3n) is 2.77. The molecule has 0 aliphatic heterocycles. The van der Waals surface area contributed by atoms with Gasteiger partial charge in [0.1, 0.15) is 9.90 Å². The molecule has 0 bridgehead atoms. The van der Waals surface area contributed by atoms with Crippen LogP contribution in [0.3, 0.4) is 0 Å².